The van der Waals surface area contributed by atoms with Gasteiger partial charge in [0.05, 0.1) is 12.1 Å². The quantitative estimate of drug-likeness (QED) is 0.858. The molecule has 0 aliphatic carbocycles. The number of carbonyl (C=O) groups excluding carboxylic acids is 1. The summed E-state index contributed by atoms with van der Waals surface area (Å²) in [5.41, 5.74) is -0.167. The first-order chi connectivity index (χ1) is 9.56. The summed E-state index contributed by atoms with van der Waals surface area (Å²) in [7, 11) is 0. The molecule has 2 aliphatic heterocycles. The lowest BCUT2D eigenvalue weighted by molar-refractivity contribution is 0.0837. The number of likely N-dealkylation sites (tertiary alicyclic amines) is 1. The van der Waals surface area contributed by atoms with Crippen LogP contribution in [0.3, 0.4) is 0 Å². The number of ether oxygens (including phenoxy) is 1. The maximum atomic E-state index is 11.9. The molecule has 1 aromatic heterocycles. The molecule has 0 radical (unpaired) electrons. The van der Waals surface area contributed by atoms with E-state index in [-0.39, 0.29) is 11.6 Å². The predicted octanol–water partition coefficient (Wildman–Crippen LogP) is 2.34. The summed E-state index contributed by atoms with van der Waals surface area (Å²) in [6.45, 7) is 7.64. The van der Waals surface area contributed by atoms with Crippen molar-refractivity contribution >= 4 is 17.4 Å². The highest BCUT2D eigenvalue weighted by Gasteiger charge is 2.44. The van der Waals surface area contributed by atoms with Gasteiger partial charge in [0, 0.05) is 30.7 Å². The fraction of sp³-hybridized carbons (Fsp3) is 0.714. The van der Waals surface area contributed by atoms with E-state index in [1.54, 1.807) is 11.3 Å². The molecule has 0 atom stereocenters. The summed E-state index contributed by atoms with van der Waals surface area (Å²) in [5.74, 6) is 0. The van der Waals surface area contributed by atoms with E-state index < -0.39 is 0 Å². The second kappa shape index (κ2) is 5.33. The third-order valence-electron chi connectivity index (χ3n) is 4.16. The average Bonchev–Trinajstić information content (AvgIpc) is 3.00. The molecule has 5 nitrogen and oxygen atoms in total. The number of rotatable bonds is 3. The van der Waals surface area contributed by atoms with Crippen molar-refractivity contribution in [2.75, 3.05) is 19.7 Å². The highest BCUT2D eigenvalue weighted by atomic mass is 32.1. The Kier molecular flexibility index (Phi) is 3.69. The topological polar surface area (TPSA) is 45.7 Å². The van der Waals surface area contributed by atoms with Crippen LogP contribution in [-0.4, -0.2) is 52.2 Å². The van der Waals surface area contributed by atoms with E-state index in [1.807, 2.05) is 16.5 Å². The molecular weight excluding hydrogens is 274 g/mol. The van der Waals surface area contributed by atoms with E-state index in [4.69, 9.17) is 4.74 Å². The van der Waals surface area contributed by atoms with Gasteiger partial charge in [-0.25, -0.2) is 9.78 Å². The second-order valence-electron chi connectivity index (χ2n) is 6.17. The van der Waals surface area contributed by atoms with Crippen LogP contribution >= 0.6 is 11.3 Å². The third kappa shape index (κ3) is 2.67. The smallest absolute Gasteiger partial charge is 0.410 e. The molecule has 20 heavy (non-hydrogen) atoms. The first kappa shape index (κ1) is 13.8. The van der Waals surface area contributed by atoms with Crippen LogP contribution in [0.1, 0.15) is 31.7 Å². The van der Waals surface area contributed by atoms with Crippen LogP contribution in [0.2, 0.25) is 0 Å². The molecule has 3 rings (SSSR count). The monoisotopic (exact) mass is 295 g/mol. The number of piperidine rings is 1. The van der Waals surface area contributed by atoms with Crippen molar-refractivity contribution < 1.29 is 9.53 Å². The summed E-state index contributed by atoms with van der Waals surface area (Å²) in [6.07, 6.45) is 3.75. The van der Waals surface area contributed by atoms with Gasteiger partial charge in [-0.15, -0.1) is 11.3 Å². The highest BCUT2D eigenvalue weighted by molar-refractivity contribution is 7.09. The van der Waals surface area contributed by atoms with Crippen LogP contribution in [0.25, 0.3) is 0 Å². The van der Waals surface area contributed by atoms with Crippen molar-refractivity contribution in [2.24, 2.45) is 0 Å². The molecule has 110 valence electrons. The SMILES string of the molecule is CC1(C)COC(=O)N1C1CCN(Cc2nccs2)CC1. The van der Waals surface area contributed by atoms with Crippen LogP contribution in [0.5, 0.6) is 0 Å². The summed E-state index contributed by atoms with van der Waals surface area (Å²) < 4.78 is 5.21. The molecule has 2 saturated heterocycles. The van der Waals surface area contributed by atoms with Crippen molar-refractivity contribution in [3.63, 3.8) is 0 Å². The highest BCUT2D eigenvalue weighted by Crippen LogP contribution is 2.30. The molecule has 0 aromatic carbocycles. The number of aromatic nitrogens is 1. The zero-order valence-corrected chi connectivity index (χ0v) is 12.9. The Morgan fingerprint density at radius 2 is 2.20 bits per heavy atom. The molecule has 3 heterocycles. The van der Waals surface area contributed by atoms with Crippen LogP contribution < -0.4 is 0 Å². The number of hydrogen-bond acceptors (Lipinski definition) is 5. The lowest BCUT2D eigenvalue weighted by atomic mass is 9.97. The number of thiazole rings is 1. The second-order valence-corrected chi connectivity index (χ2v) is 7.15. The molecule has 2 aliphatic rings. The Bertz CT molecular complexity index is 467. The zero-order chi connectivity index (χ0) is 14.2. The van der Waals surface area contributed by atoms with Gasteiger partial charge in [-0.05, 0) is 26.7 Å². The maximum absolute atomic E-state index is 11.9. The minimum Gasteiger partial charge on any atom is -0.447 e. The molecule has 6 heteroatoms. The van der Waals surface area contributed by atoms with Gasteiger partial charge in [0.1, 0.15) is 11.6 Å². The number of amides is 1. The van der Waals surface area contributed by atoms with Crippen molar-refractivity contribution in [1.82, 2.24) is 14.8 Å². The molecule has 0 bridgehead atoms. The molecule has 0 N–H and O–H groups in total. The van der Waals surface area contributed by atoms with Gasteiger partial charge in [0.25, 0.3) is 0 Å². The first-order valence-electron chi connectivity index (χ1n) is 7.13. The van der Waals surface area contributed by atoms with Gasteiger partial charge in [0.2, 0.25) is 0 Å². The lowest BCUT2D eigenvalue weighted by Crippen LogP contribution is -2.52. The number of carbonyl (C=O) groups is 1. The van der Waals surface area contributed by atoms with E-state index in [0.717, 1.165) is 32.5 Å². The average molecular weight is 295 g/mol. The van der Waals surface area contributed by atoms with Gasteiger partial charge in [-0.1, -0.05) is 0 Å². The van der Waals surface area contributed by atoms with E-state index in [1.165, 1.54) is 5.01 Å². The van der Waals surface area contributed by atoms with Crippen molar-refractivity contribution in [3.05, 3.63) is 16.6 Å². The Balaban J connectivity index is 1.57. The fourth-order valence-corrected chi connectivity index (χ4v) is 3.78. The number of nitrogens with zero attached hydrogens (tertiary/aromatic N) is 3. The van der Waals surface area contributed by atoms with Crippen LogP contribution in [0.15, 0.2) is 11.6 Å². The van der Waals surface area contributed by atoms with Gasteiger partial charge in [-0.3, -0.25) is 9.80 Å². The lowest BCUT2D eigenvalue weighted by Gasteiger charge is -2.40. The first-order valence-corrected chi connectivity index (χ1v) is 8.01. The zero-order valence-electron chi connectivity index (χ0n) is 12.0. The standard InChI is InChI=1S/C14H21N3O2S/c1-14(2)10-19-13(18)17(14)11-3-6-16(7-4-11)9-12-15-5-8-20-12/h5,8,11H,3-4,6-7,9-10H2,1-2H3. The molecule has 2 fully saturated rings. The van der Waals surface area contributed by atoms with E-state index in [9.17, 15) is 4.79 Å². The molecule has 1 aromatic rings. The molecule has 1 amide bonds. The Labute approximate surface area is 123 Å². The van der Waals surface area contributed by atoms with Crippen LogP contribution in [-0.2, 0) is 11.3 Å². The molecule has 0 spiro atoms. The number of cyclic esters (lactones) is 1. The van der Waals surface area contributed by atoms with E-state index in [0.29, 0.717) is 12.6 Å². The minimum absolute atomic E-state index is 0.145. The van der Waals surface area contributed by atoms with Crippen LogP contribution in [0.4, 0.5) is 4.79 Å². The van der Waals surface area contributed by atoms with Gasteiger partial charge in [-0.2, -0.15) is 0 Å². The Hall–Kier alpha value is -1.14. The molecule has 0 unspecified atom stereocenters. The molecule has 0 saturated carbocycles. The largest absolute Gasteiger partial charge is 0.447 e. The third-order valence-corrected chi connectivity index (χ3v) is 4.93. The van der Waals surface area contributed by atoms with Gasteiger partial charge < -0.3 is 4.74 Å². The van der Waals surface area contributed by atoms with Crippen molar-refractivity contribution in [1.29, 1.82) is 0 Å². The van der Waals surface area contributed by atoms with Crippen molar-refractivity contribution in [3.8, 4) is 0 Å². The molecular formula is C14H21N3O2S. The Morgan fingerprint density at radius 1 is 1.45 bits per heavy atom. The van der Waals surface area contributed by atoms with E-state index in [2.05, 4.69) is 23.7 Å². The number of hydrogen-bond donors (Lipinski definition) is 0. The normalized spacial score (nSPS) is 24.1. The maximum Gasteiger partial charge on any atom is 0.410 e. The minimum atomic E-state index is -0.167. The predicted molar refractivity (Wildman–Crippen MR) is 77.7 cm³/mol. The fourth-order valence-electron chi connectivity index (χ4n) is 3.13. The summed E-state index contributed by atoms with van der Waals surface area (Å²) in [4.78, 5) is 20.6. The summed E-state index contributed by atoms with van der Waals surface area (Å²) in [5, 5.41) is 3.19. The Morgan fingerprint density at radius 3 is 2.75 bits per heavy atom. The summed E-state index contributed by atoms with van der Waals surface area (Å²) in [6, 6.07) is 0.313. The van der Waals surface area contributed by atoms with Crippen molar-refractivity contribution in [2.45, 2.75) is 44.8 Å². The van der Waals surface area contributed by atoms with Gasteiger partial charge in [0.15, 0.2) is 0 Å². The van der Waals surface area contributed by atoms with Gasteiger partial charge >= 0.3 is 6.09 Å². The summed E-state index contributed by atoms with van der Waals surface area (Å²) >= 11 is 1.71. The van der Waals surface area contributed by atoms with Crippen LogP contribution in [0, 0.1) is 0 Å². The van der Waals surface area contributed by atoms with E-state index >= 15 is 0 Å².